The summed E-state index contributed by atoms with van der Waals surface area (Å²) in [6, 6.07) is 0. The van der Waals surface area contributed by atoms with E-state index < -0.39 is 27.8 Å². The van der Waals surface area contributed by atoms with E-state index in [1.54, 1.807) is 28.4 Å². The molecule has 4 aliphatic rings. The minimum Gasteiger partial charge on any atom is -0.382 e. The maximum absolute atomic E-state index is 6.09. The highest BCUT2D eigenvalue weighted by Gasteiger charge is 2.93. The van der Waals surface area contributed by atoms with Gasteiger partial charge in [0.1, 0.15) is 27.8 Å². The van der Waals surface area contributed by atoms with Crippen molar-refractivity contribution in [2.45, 2.75) is 22.4 Å². The SMILES string of the molecule is COCC1(C(C2(COC)CO2)(C2(COC)CO2)C2(COC)CO2)CO1. The van der Waals surface area contributed by atoms with Gasteiger partial charge < -0.3 is 37.9 Å². The third-order valence-electron chi connectivity index (χ3n) is 6.21. The van der Waals surface area contributed by atoms with Crippen LogP contribution in [0, 0.1) is 5.41 Å². The minimum atomic E-state index is -0.655. The average molecular weight is 360 g/mol. The normalized spacial score (nSPS) is 46.6. The highest BCUT2D eigenvalue weighted by atomic mass is 16.7. The lowest BCUT2D eigenvalue weighted by Crippen LogP contribution is -2.72. The molecule has 0 amide bonds. The Morgan fingerprint density at radius 2 is 0.760 bits per heavy atom. The Labute approximate surface area is 147 Å². The third kappa shape index (κ3) is 2.17. The van der Waals surface area contributed by atoms with Gasteiger partial charge in [-0.15, -0.1) is 0 Å². The fraction of sp³-hybridized carbons (Fsp3) is 1.00. The van der Waals surface area contributed by atoms with Crippen LogP contribution in [0.15, 0.2) is 0 Å². The van der Waals surface area contributed by atoms with E-state index in [1.807, 2.05) is 0 Å². The molecule has 4 unspecified atom stereocenters. The first kappa shape index (κ1) is 18.1. The summed E-state index contributed by atoms with van der Waals surface area (Å²) < 4.78 is 46.6. The molecule has 0 aromatic carbocycles. The third-order valence-corrected chi connectivity index (χ3v) is 6.21. The molecule has 4 aliphatic heterocycles. The molecule has 4 rings (SSSR count). The number of rotatable bonds is 12. The van der Waals surface area contributed by atoms with Gasteiger partial charge in [0.15, 0.2) is 0 Å². The lowest BCUT2D eigenvalue weighted by molar-refractivity contribution is -0.168. The maximum atomic E-state index is 6.09. The summed E-state index contributed by atoms with van der Waals surface area (Å²) in [6.07, 6.45) is 0. The van der Waals surface area contributed by atoms with Crippen LogP contribution in [0.2, 0.25) is 0 Å². The molecule has 4 fully saturated rings. The number of epoxide rings is 4. The number of hydrogen-bond donors (Lipinski definition) is 0. The van der Waals surface area contributed by atoms with Gasteiger partial charge in [-0.2, -0.15) is 0 Å². The van der Waals surface area contributed by atoms with Gasteiger partial charge >= 0.3 is 0 Å². The number of ether oxygens (including phenoxy) is 8. The van der Waals surface area contributed by atoms with E-state index >= 15 is 0 Å². The van der Waals surface area contributed by atoms with E-state index in [9.17, 15) is 0 Å². The van der Waals surface area contributed by atoms with E-state index in [0.717, 1.165) is 0 Å². The molecular formula is C17H28O8. The Morgan fingerprint density at radius 1 is 0.560 bits per heavy atom. The van der Waals surface area contributed by atoms with E-state index in [4.69, 9.17) is 37.9 Å². The van der Waals surface area contributed by atoms with Crippen LogP contribution in [0.25, 0.3) is 0 Å². The lowest BCUT2D eigenvalue weighted by Gasteiger charge is -2.50. The molecule has 0 aromatic heterocycles. The first-order valence-electron chi connectivity index (χ1n) is 8.59. The first-order valence-corrected chi connectivity index (χ1v) is 8.59. The van der Waals surface area contributed by atoms with Gasteiger partial charge in [0, 0.05) is 28.4 Å². The molecule has 0 bridgehead atoms. The standard InChI is InChI=1S/C17H28O8/c1-18-5-13(9-22-13)17(14(6-19-2)10-23-14,15(7-20-3)11-24-15)16(8-21-4)12-25-16/h5-12H2,1-4H3. The molecule has 4 saturated heterocycles. The smallest absolute Gasteiger partial charge is 0.129 e. The highest BCUT2D eigenvalue weighted by Crippen LogP contribution is 2.74. The zero-order valence-electron chi connectivity index (χ0n) is 15.4. The zero-order chi connectivity index (χ0) is 17.8. The Hall–Kier alpha value is -0.320. The Kier molecular flexibility index (Phi) is 4.22. The van der Waals surface area contributed by atoms with Crippen molar-refractivity contribution in [3.8, 4) is 0 Å². The quantitative estimate of drug-likeness (QED) is 0.436. The van der Waals surface area contributed by atoms with Gasteiger partial charge in [-0.05, 0) is 0 Å². The van der Waals surface area contributed by atoms with Crippen LogP contribution in [0.1, 0.15) is 0 Å². The second-order valence-corrected chi connectivity index (χ2v) is 7.61. The molecule has 0 aliphatic carbocycles. The van der Waals surface area contributed by atoms with E-state index in [0.29, 0.717) is 52.9 Å². The van der Waals surface area contributed by atoms with Crippen molar-refractivity contribution >= 4 is 0 Å². The fourth-order valence-corrected chi connectivity index (χ4v) is 5.40. The second-order valence-electron chi connectivity index (χ2n) is 7.61. The van der Waals surface area contributed by atoms with Gasteiger partial charge in [0.2, 0.25) is 0 Å². The molecule has 0 aromatic rings. The van der Waals surface area contributed by atoms with Crippen LogP contribution in [0.3, 0.4) is 0 Å². The molecular weight excluding hydrogens is 332 g/mol. The number of methoxy groups -OCH3 is 4. The Morgan fingerprint density at radius 3 is 0.880 bits per heavy atom. The summed E-state index contributed by atoms with van der Waals surface area (Å²) >= 11 is 0. The van der Waals surface area contributed by atoms with Crippen molar-refractivity contribution in [3.05, 3.63) is 0 Å². The Balaban J connectivity index is 1.87. The Bertz CT molecular complexity index is 411. The van der Waals surface area contributed by atoms with E-state index in [-0.39, 0.29) is 0 Å². The summed E-state index contributed by atoms with van der Waals surface area (Å²) in [5.74, 6) is 0. The molecule has 25 heavy (non-hydrogen) atoms. The van der Waals surface area contributed by atoms with Gasteiger partial charge in [0.25, 0.3) is 0 Å². The summed E-state index contributed by atoms with van der Waals surface area (Å²) in [5, 5.41) is 0. The fourth-order valence-electron chi connectivity index (χ4n) is 5.40. The number of hydrogen-bond acceptors (Lipinski definition) is 8. The summed E-state index contributed by atoms with van der Waals surface area (Å²) in [5.41, 5.74) is -2.98. The van der Waals surface area contributed by atoms with Gasteiger partial charge in [0.05, 0.1) is 52.9 Å². The van der Waals surface area contributed by atoms with Crippen molar-refractivity contribution in [2.24, 2.45) is 5.41 Å². The van der Waals surface area contributed by atoms with Crippen LogP contribution in [0.4, 0.5) is 0 Å². The van der Waals surface area contributed by atoms with Crippen molar-refractivity contribution in [2.75, 3.05) is 81.3 Å². The second kappa shape index (κ2) is 5.84. The van der Waals surface area contributed by atoms with E-state index in [2.05, 4.69) is 0 Å². The van der Waals surface area contributed by atoms with Crippen molar-refractivity contribution in [1.29, 1.82) is 0 Å². The van der Waals surface area contributed by atoms with Crippen LogP contribution in [-0.4, -0.2) is 104 Å². The molecule has 8 nitrogen and oxygen atoms in total. The van der Waals surface area contributed by atoms with Crippen molar-refractivity contribution in [3.63, 3.8) is 0 Å². The largest absolute Gasteiger partial charge is 0.382 e. The molecule has 0 radical (unpaired) electrons. The molecule has 0 saturated carbocycles. The van der Waals surface area contributed by atoms with Gasteiger partial charge in [-0.1, -0.05) is 0 Å². The van der Waals surface area contributed by atoms with Gasteiger partial charge in [-0.25, -0.2) is 0 Å². The van der Waals surface area contributed by atoms with E-state index in [1.165, 1.54) is 0 Å². The minimum absolute atomic E-state index is 0.422. The zero-order valence-corrected chi connectivity index (χ0v) is 15.4. The molecule has 144 valence electrons. The monoisotopic (exact) mass is 360 g/mol. The maximum Gasteiger partial charge on any atom is 0.129 e. The summed E-state index contributed by atoms with van der Waals surface area (Å²) in [7, 11) is 6.72. The molecule has 8 heteroatoms. The molecule has 4 heterocycles. The van der Waals surface area contributed by atoms with Crippen LogP contribution in [-0.2, 0) is 37.9 Å². The molecule has 0 N–H and O–H groups in total. The average Bonchev–Trinajstić information content (AvgIpc) is 3.36. The summed E-state index contributed by atoms with van der Waals surface area (Å²) in [6.45, 7) is 3.91. The molecule has 4 atom stereocenters. The summed E-state index contributed by atoms with van der Waals surface area (Å²) in [4.78, 5) is 0. The van der Waals surface area contributed by atoms with Crippen molar-refractivity contribution < 1.29 is 37.9 Å². The molecule has 0 spiro atoms. The topological polar surface area (TPSA) is 87.0 Å². The van der Waals surface area contributed by atoms with Crippen LogP contribution < -0.4 is 0 Å². The lowest BCUT2D eigenvalue weighted by atomic mass is 9.52. The van der Waals surface area contributed by atoms with Crippen molar-refractivity contribution in [1.82, 2.24) is 0 Å². The predicted molar refractivity (Wildman–Crippen MR) is 84.7 cm³/mol. The van der Waals surface area contributed by atoms with Crippen LogP contribution in [0.5, 0.6) is 0 Å². The first-order chi connectivity index (χ1) is 12.1. The predicted octanol–water partition coefficient (Wildman–Crippen LogP) is -0.366. The van der Waals surface area contributed by atoms with Crippen LogP contribution >= 0.6 is 0 Å². The van der Waals surface area contributed by atoms with Gasteiger partial charge in [-0.3, -0.25) is 0 Å². The highest BCUT2D eigenvalue weighted by molar-refractivity contribution is 5.39.